The van der Waals surface area contributed by atoms with Crippen LogP contribution in [-0.4, -0.2) is 4.98 Å². The van der Waals surface area contributed by atoms with E-state index in [0.717, 1.165) is 22.2 Å². The zero-order valence-corrected chi connectivity index (χ0v) is 10.2. The zero-order valence-electron chi connectivity index (χ0n) is 10.2. The highest BCUT2D eigenvalue weighted by molar-refractivity contribution is 5.85. The van der Waals surface area contributed by atoms with E-state index in [-0.39, 0.29) is 5.56 Å². The maximum atomic E-state index is 12.1. The topological polar surface area (TPSA) is 70.9 Å². The fourth-order valence-electron chi connectivity index (χ4n) is 2.12. The Labute approximate surface area is 109 Å². The average Bonchev–Trinajstić information content (AvgIpc) is 2.47. The molecule has 4 N–H and O–H groups in total. The molecule has 4 nitrogen and oxygen atoms in total. The van der Waals surface area contributed by atoms with E-state index in [1.54, 1.807) is 0 Å². The van der Waals surface area contributed by atoms with Gasteiger partial charge in [0.1, 0.15) is 0 Å². The number of anilines is 1. The average molecular weight is 251 g/mol. The monoisotopic (exact) mass is 251 g/mol. The van der Waals surface area contributed by atoms with E-state index in [4.69, 9.17) is 5.84 Å². The van der Waals surface area contributed by atoms with Crippen LogP contribution in [0.15, 0.2) is 59.4 Å². The fraction of sp³-hybridized carbons (Fsp3) is 0. The van der Waals surface area contributed by atoms with Gasteiger partial charge in [-0.1, -0.05) is 36.4 Å². The van der Waals surface area contributed by atoms with Crippen molar-refractivity contribution in [1.29, 1.82) is 0 Å². The molecule has 0 aliphatic rings. The predicted octanol–water partition coefficient (Wildman–Crippen LogP) is 2.48. The molecule has 3 rings (SSSR count). The molecule has 0 aliphatic carbocycles. The van der Waals surface area contributed by atoms with E-state index >= 15 is 0 Å². The molecule has 2 aromatic carbocycles. The molecule has 4 heteroatoms. The van der Waals surface area contributed by atoms with Crippen molar-refractivity contribution in [2.75, 3.05) is 5.43 Å². The highest BCUT2D eigenvalue weighted by Gasteiger charge is 2.05. The van der Waals surface area contributed by atoms with Gasteiger partial charge < -0.3 is 10.4 Å². The number of hydrogen-bond acceptors (Lipinski definition) is 3. The molecule has 3 aromatic rings. The molecule has 0 spiro atoms. The second-order valence-electron chi connectivity index (χ2n) is 4.32. The Morgan fingerprint density at radius 2 is 1.79 bits per heavy atom. The Morgan fingerprint density at radius 1 is 1.00 bits per heavy atom. The molecule has 0 saturated heterocycles. The molecule has 0 saturated carbocycles. The summed E-state index contributed by atoms with van der Waals surface area (Å²) in [6, 6.07) is 17.1. The second-order valence-corrected chi connectivity index (χ2v) is 4.32. The number of H-pyrrole nitrogens is 1. The minimum atomic E-state index is -0.104. The van der Waals surface area contributed by atoms with E-state index in [2.05, 4.69) is 10.4 Å². The summed E-state index contributed by atoms with van der Waals surface area (Å²) < 4.78 is 0. The molecule has 0 atom stereocenters. The number of benzene rings is 2. The maximum absolute atomic E-state index is 12.1. The van der Waals surface area contributed by atoms with Gasteiger partial charge in [-0.05, 0) is 29.1 Å². The molecule has 0 fully saturated rings. The maximum Gasteiger partial charge on any atom is 0.256 e. The van der Waals surface area contributed by atoms with Crippen LogP contribution < -0.4 is 16.8 Å². The van der Waals surface area contributed by atoms with Crippen LogP contribution >= 0.6 is 0 Å². The van der Waals surface area contributed by atoms with Gasteiger partial charge in [0.2, 0.25) is 0 Å². The van der Waals surface area contributed by atoms with Crippen LogP contribution in [0, 0.1) is 0 Å². The van der Waals surface area contributed by atoms with Crippen molar-refractivity contribution in [3.8, 4) is 11.1 Å². The van der Waals surface area contributed by atoms with Crippen LogP contribution in [0.3, 0.4) is 0 Å². The van der Waals surface area contributed by atoms with Crippen molar-refractivity contribution in [3.63, 3.8) is 0 Å². The molecular weight excluding hydrogens is 238 g/mol. The molecule has 0 unspecified atom stereocenters. The Morgan fingerprint density at radius 3 is 2.53 bits per heavy atom. The summed E-state index contributed by atoms with van der Waals surface area (Å²) in [5, 5.41) is 0.970. The molecule has 0 aliphatic heterocycles. The van der Waals surface area contributed by atoms with Crippen molar-refractivity contribution in [1.82, 2.24) is 4.98 Å². The van der Waals surface area contributed by atoms with Gasteiger partial charge in [0.05, 0.1) is 11.2 Å². The molecule has 0 amide bonds. The van der Waals surface area contributed by atoms with Gasteiger partial charge in [-0.25, -0.2) is 0 Å². The number of pyridine rings is 1. The number of nitrogen functional groups attached to an aromatic ring is 1. The SMILES string of the molecule is NNc1ccc2cc(-c3ccccc3)c(=O)[nH]c2c1. The first-order chi connectivity index (χ1) is 9.28. The van der Waals surface area contributed by atoms with Gasteiger partial charge >= 0.3 is 0 Å². The summed E-state index contributed by atoms with van der Waals surface area (Å²) in [5.74, 6) is 5.36. The summed E-state index contributed by atoms with van der Waals surface area (Å²) in [5.41, 5.74) is 5.56. The number of hydrogen-bond donors (Lipinski definition) is 3. The first-order valence-electron chi connectivity index (χ1n) is 5.97. The van der Waals surface area contributed by atoms with E-state index < -0.39 is 0 Å². The Hall–Kier alpha value is -2.59. The summed E-state index contributed by atoms with van der Waals surface area (Å²) in [6.07, 6.45) is 0. The van der Waals surface area contributed by atoms with Crippen LogP contribution in [0.5, 0.6) is 0 Å². The zero-order chi connectivity index (χ0) is 13.2. The van der Waals surface area contributed by atoms with E-state index in [1.165, 1.54) is 0 Å². The number of aromatic nitrogens is 1. The first-order valence-corrected chi connectivity index (χ1v) is 5.97. The van der Waals surface area contributed by atoms with Gasteiger partial charge in [0.15, 0.2) is 0 Å². The summed E-state index contributed by atoms with van der Waals surface area (Å²) >= 11 is 0. The molecular formula is C15H13N3O. The summed E-state index contributed by atoms with van der Waals surface area (Å²) in [7, 11) is 0. The highest BCUT2D eigenvalue weighted by Crippen LogP contribution is 2.21. The lowest BCUT2D eigenvalue weighted by Crippen LogP contribution is -2.10. The summed E-state index contributed by atoms with van der Waals surface area (Å²) in [4.78, 5) is 15.0. The van der Waals surface area contributed by atoms with E-state index in [1.807, 2.05) is 54.6 Å². The third-order valence-electron chi connectivity index (χ3n) is 3.10. The number of hydrazine groups is 1. The Bertz CT molecular complexity index is 778. The second kappa shape index (κ2) is 4.59. The minimum Gasteiger partial charge on any atom is -0.324 e. The number of nitrogens with two attached hydrogens (primary N) is 1. The minimum absolute atomic E-state index is 0.104. The molecule has 1 heterocycles. The van der Waals surface area contributed by atoms with E-state index in [9.17, 15) is 4.79 Å². The standard InChI is InChI=1S/C15H13N3O/c16-18-12-7-6-11-8-13(10-4-2-1-3-5-10)15(19)17-14(11)9-12/h1-9,18H,16H2,(H,17,19). The van der Waals surface area contributed by atoms with Gasteiger partial charge in [-0.3, -0.25) is 10.6 Å². The molecule has 1 aromatic heterocycles. The van der Waals surface area contributed by atoms with Crippen molar-refractivity contribution in [2.45, 2.75) is 0 Å². The van der Waals surface area contributed by atoms with Crippen molar-refractivity contribution in [2.24, 2.45) is 5.84 Å². The normalized spacial score (nSPS) is 10.6. The van der Waals surface area contributed by atoms with E-state index in [0.29, 0.717) is 5.56 Å². The largest absolute Gasteiger partial charge is 0.324 e. The van der Waals surface area contributed by atoms with Gasteiger partial charge in [0, 0.05) is 5.56 Å². The number of rotatable bonds is 2. The third-order valence-corrected chi connectivity index (χ3v) is 3.10. The van der Waals surface area contributed by atoms with Gasteiger partial charge in [-0.2, -0.15) is 0 Å². The summed E-state index contributed by atoms with van der Waals surface area (Å²) in [6.45, 7) is 0. The van der Waals surface area contributed by atoms with Crippen LogP contribution in [-0.2, 0) is 0 Å². The number of aromatic amines is 1. The van der Waals surface area contributed by atoms with Crippen LogP contribution in [0.4, 0.5) is 5.69 Å². The Balaban J connectivity index is 2.23. The fourth-order valence-corrected chi connectivity index (χ4v) is 2.12. The highest BCUT2D eigenvalue weighted by atomic mass is 16.1. The number of nitrogens with one attached hydrogen (secondary N) is 2. The molecule has 19 heavy (non-hydrogen) atoms. The van der Waals surface area contributed by atoms with Crippen molar-refractivity contribution >= 4 is 16.6 Å². The van der Waals surface area contributed by atoms with Gasteiger partial charge in [0.25, 0.3) is 5.56 Å². The van der Waals surface area contributed by atoms with Gasteiger partial charge in [-0.15, -0.1) is 0 Å². The van der Waals surface area contributed by atoms with Crippen LogP contribution in [0.1, 0.15) is 0 Å². The quantitative estimate of drug-likeness (QED) is 0.484. The molecule has 94 valence electrons. The predicted molar refractivity (Wildman–Crippen MR) is 77.8 cm³/mol. The first kappa shape index (κ1) is 11.5. The molecule has 0 radical (unpaired) electrons. The van der Waals surface area contributed by atoms with Crippen LogP contribution in [0.25, 0.3) is 22.0 Å². The molecule has 0 bridgehead atoms. The lowest BCUT2D eigenvalue weighted by molar-refractivity contribution is 1.29. The van der Waals surface area contributed by atoms with Crippen molar-refractivity contribution < 1.29 is 0 Å². The third kappa shape index (κ3) is 2.09. The smallest absolute Gasteiger partial charge is 0.256 e. The Kier molecular flexibility index (Phi) is 2.78. The van der Waals surface area contributed by atoms with Crippen molar-refractivity contribution in [3.05, 3.63) is 65.0 Å². The number of fused-ring (bicyclic) bond motifs is 1. The lowest BCUT2D eigenvalue weighted by atomic mass is 10.1. The van der Waals surface area contributed by atoms with Crippen LogP contribution in [0.2, 0.25) is 0 Å². The lowest BCUT2D eigenvalue weighted by Gasteiger charge is -2.05.